The number of hydrogen-bond donors (Lipinski definition) is 0. The molecule has 0 aliphatic heterocycles. The molecule has 5 nitrogen and oxygen atoms in total. The van der Waals surface area contributed by atoms with Crippen LogP contribution < -0.4 is 0 Å². The molecule has 0 aliphatic carbocycles. The fourth-order valence-electron chi connectivity index (χ4n) is 1.50. The molecule has 1 aromatic carbocycles. The van der Waals surface area contributed by atoms with Crippen molar-refractivity contribution >= 4 is 28.9 Å². The molecular weight excluding hydrogens is 277 g/mol. The highest BCUT2D eigenvalue weighted by Crippen LogP contribution is 2.27. The lowest BCUT2D eigenvalue weighted by Gasteiger charge is -2.03. The summed E-state index contributed by atoms with van der Waals surface area (Å²) in [5, 5.41) is 11.0. The van der Waals surface area contributed by atoms with Crippen LogP contribution >= 0.6 is 23.2 Å². The largest absolute Gasteiger partial charge is 0.272 e. The van der Waals surface area contributed by atoms with Gasteiger partial charge in [0, 0.05) is 23.3 Å². The summed E-state index contributed by atoms with van der Waals surface area (Å²) in [6, 6.07) is 6.31. The monoisotopic (exact) mass is 283 g/mol. The van der Waals surface area contributed by atoms with E-state index in [2.05, 4.69) is 9.97 Å². The van der Waals surface area contributed by atoms with Gasteiger partial charge in [-0.2, -0.15) is 0 Å². The molecular formula is C11H7Cl2N3O2. The molecule has 0 radical (unpaired) electrons. The molecule has 1 heterocycles. The van der Waals surface area contributed by atoms with Gasteiger partial charge in [-0.1, -0.05) is 23.7 Å². The van der Waals surface area contributed by atoms with Gasteiger partial charge in [0.2, 0.25) is 5.28 Å². The zero-order valence-corrected chi connectivity index (χ0v) is 10.7. The fourth-order valence-corrected chi connectivity index (χ4v) is 1.91. The molecule has 2 rings (SSSR count). The minimum absolute atomic E-state index is 0.000674. The van der Waals surface area contributed by atoms with E-state index in [0.717, 1.165) is 0 Å². The molecule has 0 atom stereocenters. The van der Waals surface area contributed by atoms with Gasteiger partial charge < -0.3 is 0 Å². The molecule has 0 fully saturated rings. The maximum absolute atomic E-state index is 10.9. The first-order chi connectivity index (χ1) is 8.47. The molecule has 0 spiro atoms. The van der Waals surface area contributed by atoms with Crippen molar-refractivity contribution in [3.63, 3.8) is 0 Å². The summed E-state index contributed by atoms with van der Waals surface area (Å²) >= 11 is 11.5. The van der Waals surface area contributed by atoms with Gasteiger partial charge in [-0.3, -0.25) is 10.1 Å². The van der Waals surface area contributed by atoms with E-state index >= 15 is 0 Å². The third kappa shape index (κ3) is 2.57. The van der Waals surface area contributed by atoms with E-state index in [0.29, 0.717) is 16.8 Å². The Bertz CT molecular complexity index is 611. The molecule has 7 heteroatoms. The molecule has 18 heavy (non-hydrogen) atoms. The Morgan fingerprint density at radius 3 is 2.56 bits per heavy atom. The lowest BCUT2D eigenvalue weighted by Crippen LogP contribution is -1.94. The molecule has 0 bridgehead atoms. The first kappa shape index (κ1) is 12.7. The lowest BCUT2D eigenvalue weighted by atomic mass is 10.1. The van der Waals surface area contributed by atoms with Crippen LogP contribution in [0.1, 0.15) is 5.56 Å². The number of aryl methyl sites for hydroxylation is 1. The molecule has 0 saturated heterocycles. The number of benzene rings is 1. The van der Waals surface area contributed by atoms with Gasteiger partial charge in [0.05, 0.1) is 10.6 Å². The highest BCUT2D eigenvalue weighted by atomic mass is 35.5. The van der Waals surface area contributed by atoms with Gasteiger partial charge >= 0.3 is 0 Å². The van der Waals surface area contributed by atoms with Crippen molar-refractivity contribution in [2.45, 2.75) is 6.92 Å². The Morgan fingerprint density at radius 2 is 1.94 bits per heavy atom. The Kier molecular flexibility index (Phi) is 3.45. The lowest BCUT2D eigenvalue weighted by molar-refractivity contribution is -0.385. The van der Waals surface area contributed by atoms with E-state index in [1.807, 2.05) is 0 Å². The Hall–Kier alpha value is -1.72. The third-order valence-electron chi connectivity index (χ3n) is 2.37. The second-order valence-corrected chi connectivity index (χ2v) is 4.33. The summed E-state index contributed by atoms with van der Waals surface area (Å²) in [5.41, 5.74) is 1.62. The number of aromatic nitrogens is 2. The van der Waals surface area contributed by atoms with Crippen molar-refractivity contribution in [2.75, 3.05) is 0 Å². The molecule has 0 amide bonds. The second-order valence-electron chi connectivity index (χ2n) is 3.60. The smallest absolute Gasteiger partial charge is 0.258 e. The van der Waals surface area contributed by atoms with Crippen LogP contribution in [0.5, 0.6) is 0 Å². The predicted octanol–water partition coefficient (Wildman–Crippen LogP) is 3.67. The number of hydrogen-bond acceptors (Lipinski definition) is 4. The van der Waals surface area contributed by atoms with Crippen molar-refractivity contribution in [3.05, 3.63) is 50.4 Å². The zero-order chi connectivity index (χ0) is 13.3. The van der Waals surface area contributed by atoms with E-state index in [1.165, 1.54) is 12.1 Å². The van der Waals surface area contributed by atoms with E-state index in [-0.39, 0.29) is 16.1 Å². The molecule has 0 saturated carbocycles. The van der Waals surface area contributed by atoms with Crippen LogP contribution in [0, 0.1) is 17.0 Å². The van der Waals surface area contributed by atoms with Gasteiger partial charge in [-0.05, 0) is 18.5 Å². The topological polar surface area (TPSA) is 68.9 Å². The van der Waals surface area contributed by atoms with Crippen LogP contribution in [-0.4, -0.2) is 14.9 Å². The van der Waals surface area contributed by atoms with Crippen LogP contribution in [0.3, 0.4) is 0 Å². The van der Waals surface area contributed by atoms with Gasteiger partial charge in [0.25, 0.3) is 5.69 Å². The maximum atomic E-state index is 10.9. The maximum Gasteiger partial charge on any atom is 0.272 e. The molecule has 0 aliphatic rings. The van der Waals surface area contributed by atoms with Crippen molar-refractivity contribution in [2.24, 2.45) is 0 Å². The van der Waals surface area contributed by atoms with Crippen molar-refractivity contribution < 1.29 is 4.92 Å². The number of nitro groups is 1. The summed E-state index contributed by atoms with van der Waals surface area (Å²) in [7, 11) is 0. The molecule has 0 N–H and O–H groups in total. The van der Waals surface area contributed by atoms with Crippen molar-refractivity contribution in [1.29, 1.82) is 0 Å². The van der Waals surface area contributed by atoms with E-state index in [9.17, 15) is 10.1 Å². The highest BCUT2D eigenvalue weighted by molar-refractivity contribution is 6.32. The minimum atomic E-state index is -0.441. The van der Waals surface area contributed by atoms with E-state index in [4.69, 9.17) is 23.2 Å². The van der Waals surface area contributed by atoms with Crippen molar-refractivity contribution in [1.82, 2.24) is 9.97 Å². The average molecular weight is 284 g/mol. The number of nitrogens with zero attached hydrogens (tertiary/aromatic N) is 3. The van der Waals surface area contributed by atoms with Gasteiger partial charge in [0.15, 0.2) is 0 Å². The van der Waals surface area contributed by atoms with Crippen LogP contribution in [0.25, 0.3) is 11.3 Å². The Balaban J connectivity index is 2.57. The SMILES string of the molecule is Cc1ccc(-c2cc(Cl)nc(Cl)n2)cc1[N+](=O)[O-]. The number of nitro benzene ring substituents is 1. The zero-order valence-electron chi connectivity index (χ0n) is 9.22. The highest BCUT2D eigenvalue weighted by Gasteiger charge is 2.13. The normalized spacial score (nSPS) is 10.4. The molecule has 92 valence electrons. The first-order valence-electron chi connectivity index (χ1n) is 4.93. The molecule has 2 aromatic rings. The second kappa shape index (κ2) is 4.88. The van der Waals surface area contributed by atoms with Crippen LogP contribution in [0.4, 0.5) is 5.69 Å². The summed E-state index contributed by atoms with van der Waals surface area (Å²) in [6.07, 6.45) is 0. The summed E-state index contributed by atoms with van der Waals surface area (Å²) < 4.78 is 0. The Morgan fingerprint density at radius 1 is 1.22 bits per heavy atom. The van der Waals surface area contributed by atoms with Gasteiger partial charge in [0.1, 0.15) is 5.15 Å². The third-order valence-corrected chi connectivity index (χ3v) is 2.73. The first-order valence-corrected chi connectivity index (χ1v) is 5.68. The summed E-state index contributed by atoms with van der Waals surface area (Å²) in [5.74, 6) is 0. The van der Waals surface area contributed by atoms with Crippen LogP contribution in [-0.2, 0) is 0 Å². The number of rotatable bonds is 2. The van der Waals surface area contributed by atoms with E-state index < -0.39 is 4.92 Å². The van der Waals surface area contributed by atoms with Crippen LogP contribution in [0.2, 0.25) is 10.4 Å². The predicted molar refractivity (Wildman–Crippen MR) is 68.9 cm³/mol. The molecule has 1 aromatic heterocycles. The van der Waals surface area contributed by atoms with Crippen molar-refractivity contribution in [3.8, 4) is 11.3 Å². The minimum Gasteiger partial charge on any atom is -0.258 e. The standard InChI is InChI=1S/C11H7Cl2N3O2/c1-6-2-3-7(4-9(6)16(17)18)8-5-10(12)15-11(13)14-8/h2-5H,1H3. The Labute approximate surface area is 113 Å². The van der Waals surface area contributed by atoms with Gasteiger partial charge in [-0.15, -0.1) is 0 Å². The number of halogens is 2. The fraction of sp³-hybridized carbons (Fsp3) is 0.0909. The molecule has 0 unspecified atom stereocenters. The van der Waals surface area contributed by atoms with Gasteiger partial charge in [-0.25, -0.2) is 9.97 Å². The van der Waals surface area contributed by atoms with E-state index in [1.54, 1.807) is 19.1 Å². The summed E-state index contributed by atoms with van der Waals surface area (Å²) in [6.45, 7) is 1.67. The summed E-state index contributed by atoms with van der Waals surface area (Å²) in [4.78, 5) is 18.1. The average Bonchev–Trinajstić information content (AvgIpc) is 2.27. The quantitative estimate of drug-likeness (QED) is 0.365. The van der Waals surface area contributed by atoms with Crippen LogP contribution in [0.15, 0.2) is 24.3 Å².